The molecule has 0 N–H and O–H groups in total. The molecule has 1 saturated heterocycles. The first kappa shape index (κ1) is 18.8. The lowest BCUT2D eigenvalue weighted by Gasteiger charge is -2.15. The molecule has 0 aromatic carbocycles. The van der Waals surface area contributed by atoms with Crippen LogP contribution in [0.3, 0.4) is 0 Å². The van der Waals surface area contributed by atoms with Gasteiger partial charge in [-0.15, -0.1) is 23.1 Å². The summed E-state index contributed by atoms with van der Waals surface area (Å²) in [5.41, 5.74) is 1.10. The second-order valence-corrected chi connectivity index (χ2v) is 10.9. The van der Waals surface area contributed by atoms with Crippen LogP contribution in [0.15, 0.2) is 33.6 Å². The van der Waals surface area contributed by atoms with Crippen LogP contribution >= 0.6 is 23.1 Å². The number of thioether (sulfide) groups is 1. The van der Waals surface area contributed by atoms with Gasteiger partial charge in [0.25, 0.3) is 0 Å². The van der Waals surface area contributed by atoms with E-state index >= 15 is 0 Å². The SMILES string of the molecule is CC(C)(C)c1nc(CSc2ccc(S(=O)(=O)N3CCCC3)cn2)cs1. The standard InChI is InChI=1S/C17H23N3O2S3/c1-17(2,3)16-19-13(12-24-16)11-23-15-7-6-14(10-18-15)25(21,22)20-8-4-5-9-20/h6-7,10,12H,4-5,8-9,11H2,1-3H3. The van der Waals surface area contributed by atoms with Crippen molar-refractivity contribution in [2.75, 3.05) is 13.1 Å². The van der Waals surface area contributed by atoms with Crippen LogP contribution in [-0.2, 0) is 21.2 Å². The van der Waals surface area contributed by atoms with Gasteiger partial charge < -0.3 is 0 Å². The molecule has 1 aliphatic rings. The summed E-state index contributed by atoms with van der Waals surface area (Å²) in [5, 5.41) is 4.02. The van der Waals surface area contributed by atoms with Crippen molar-refractivity contribution >= 4 is 33.1 Å². The van der Waals surface area contributed by atoms with Gasteiger partial charge in [0.05, 0.1) is 15.7 Å². The molecular weight excluding hydrogens is 374 g/mol. The number of nitrogens with zero attached hydrogens (tertiary/aromatic N) is 3. The number of aromatic nitrogens is 2. The van der Waals surface area contributed by atoms with Crippen LogP contribution in [-0.4, -0.2) is 35.8 Å². The Labute approximate surface area is 157 Å². The third-order valence-corrected chi connectivity index (χ3v) is 8.15. The minimum Gasteiger partial charge on any atom is -0.249 e. The molecule has 1 fully saturated rings. The highest BCUT2D eigenvalue weighted by Gasteiger charge is 2.27. The average Bonchev–Trinajstić information content (AvgIpc) is 3.24. The number of hydrogen-bond donors (Lipinski definition) is 0. The zero-order chi connectivity index (χ0) is 18.1. The minimum atomic E-state index is -3.38. The van der Waals surface area contributed by atoms with Crippen molar-refractivity contribution in [2.24, 2.45) is 0 Å². The maximum Gasteiger partial charge on any atom is 0.244 e. The van der Waals surface area contributed by atoms with Crippen LogP contribution in [0.25, 0.3) is 0 Å². The molecule has 2 aromatic rings. The number of rotatable bonds is 5. The monoisotopic (exact) mass is 397 g/mol. The van der Waals surface area contributed by atoms with E-state index in [4.69, 9.17) is 0 Å². The molecule has 0 spiro atoms. The molecule has 25 heavy (non-hydrogen) atoms. The summed E-state index contributed by atoms with van der Waals surface area (Å²) in [6.45, 7) is 7.69. The van der Waals surface area contributed by atoms with E-state index in [1.165, 1.54) is 6.20 Å². The minimum absolute atomic E-state index is 0.0669. The van der Waals surface area contributed by atoms with Crippen LogP contribution in [0, 0.1) is 0 Å². The molecule has 136 valence electrons. The Bertz CT molecular complexity index is 818. The maximum absolute atomic E-state index is 12.5. The van der Waals surface area contributed by atoms with Crippen LogP contribution in [0.1, 0.15) is 44.3 Å². The van der Waals surface area contributed by atoms with Gasteiger partial charge in [-0.2, -0.15) is 4.31 Å². The van der Waals surface area contributed by atoms with E-state index in [0.29, 0.717) is 13.1 Å². The van der Waals surface area contributed by atoms with Crippen molar-refractivity contribution in [3.63, 3.8) is 0 Å². The first-order chi connectivity index (χ1) is 11.8. The molecule has 0 radical (unpaired) electrons. The van der Waals surface area contributed by atoms with E-state index in [0.717, 1.165) is 34.3 Å². The normalized spacial score (nSPS) is 16.4. The lowest BCUT2D eigenvalue weighted by Crippen LogP contribution is -2.27. The van der Waals surface area contributed by atoms with Gasteiger partial charge in [-0.25, -0.2) is 18.4 Å². The van der Waals surface area contributed by atoms with Gasteiger partial charge in [-0.1, -0.05) is 20.8 Å². The van der Waals surface area contributed by atoms with Crippen molar-refractivity contribution in [3.8, 4) is 0 Å². The molecule has 8 heteroatoms. The Kier molecular flexibility index (Phi) is 5.53. The molecule has 0 bridgehead atoms. The van der Waals surface area contributed by atoms with Crippen LogP contribution in [0.5, 0.6) is 0 Å². The third-order valence-electron chi connectivity index (χ3n) is 3.97. The summed E-state index contributed by atoms with van der Waals surface area (Å²) in [6.07, 6.45) is 3.34. The molecule has 5 nitrogen and oxygen atoms in total. The fourth-order valence-electron chi connectivity index (χ4n) is 2.55. The number of pyridine rings is 1. The third kappa shape index (κ3) is 4.42. The molecule has 3 rings (SSSR count). The number of thiazole rings is 1. The summed E-state index contributed by atoms with van der Waals surface area (Å²) >= 11 is 3.26. The number of sulfonamides is 1. The lowest BCUT2D eigenvalue weighted by molar-refractivity contribution is 0.477. The predicted octanol–water partition coefficient (Wildman–Crippen LogP) is 3.91. The van der Waals surface area contributed by atoms with Crippen molar-refractivity contribution < 1.29 is 8.42 Å². The van der Waals surface area contributed by atoms with E-state index in [1.807, 2.05) is 0 Å². The summed E-state index contributed by atoms with van der Waals surface area (Å²) in [6, 6.07) is 3.44. The summed E-state index contributed by atoms with van der Waals surface area (Å²) in [5.74, 6) is 0.734. The summed E-state index contributed by atoms with van der Waals surface area (Å²) < 4.78 is 26.5. The Hall–Kier alpha value is -0.960. The van der Waals surface area contributed by atoms with Gasteiger partial charge in [0, 0.05) is 35.8 Å². The van der Waals surface area contributed by atoms with Crippen molar-refractivity contribution in [1.82, 2.24) is 14.3 Å². The lowest BCUT2D eigenvalue weighted by atomic mass is 9.98. The highest BCUT2D eigenvalue weighted by atomic mass is 32.2. The zero-order valence-corrected chi connectivity index (χ0v) is 17.2. The molecule has 0 unspecified atom stereocenters. The summed E-state index contributed by atoms with van der Waals surface area (Å²) in [7, 11) is -3.38. The first-order valence-electron chi connectivity index (χ1n) is 8.31. The van der Waals surface area contributed by atoms with E-state index in [9.17, 15) is 8.42 Å². The number of hydrogen-bond acceptors (Lipinski definition) is 6. The average molecular weight is 398 g/mol. The second kappa shape index (κ2) is 7.34. The topological polar surface area (TPSA) is 63.2 Å². The highest BCUT2D eigenvalue weighted by Crippen LogP contribution is 2.29. The second-order valence-electron chi connectivity index (χ2n) is 7.13. The van der Waals surface area contributed by atoms with E-state index < -0.39 is 10.0 Å². The van der Waals surface area contributed by atoms with Gasteiger partial charge >= 0.3 is 0 Å². The van der Waals surface area contributed by atoms with Crippen LogP contribution in [0.2, 0.25) is 0 Å². The fourth-order valence-corrected chi connectivity index (χ4v) is 5.76. The fraction of sp³-hybridized carbons (Fsp3) is 0.529. The van der Waals surface area contributed by atoms with Crippen molar-refractivity contribution in [2.45, 2.75) is 54.7 Å². The van der Waals surface area contributed by atoms with Crippen LogP contribution in [0.4, 0.5) is 0 Å². The summed E-state index contributed by atoms with van der Waals surface area (Å²) in [4.78, 5) is 9.27. The predicted molar refractivity (Wildman–Crippen MR) is 103 cm³/mol. The van der Waals surface area contributed by atoms with E-state index in [1.54, 1.807) is 39.5 Å². The van der Waals surface area contributed by atoms with Crippen LogP contribution < -0.4 is 0 Å². The highest BCUT2D eigenvalue weighted by molar-refractivity contribution is 7.98. The van der Waals surface area contributed by atoms with Gasteiger partial charge in [0.1, 0.15) is 4.90 Å². The van der Waals surface area contributed by atoms with Gasteiger partial charge in [0.15, 0.2) is 0 Å². The molecule has 0 amide bonds. The Morgan fingerprint density at radius 3 is 2.52 bits per heavy atom. The molecular formula is C17H23N3O2S3. The molecule has 3 heterocycles. The Morgan fingerprint density at radius 1 is 1.24 bits per heavy atom. The van der Waals surface area contributed by atoms with E-state index in [2.05, 4.69) is 36.1 Å². The smallest absolute Gasteiger partial charge is 0.244 e. The Morgan fingerprint density at radius 2 is 1.96 bits per heavy atom. The largest absolute Gasteiger partial charge is 0.249 e. The molecule has 0 aliphatic carbocycles. The molecule has 0 atom stereocenters. The van der Waals surface area contributed by atoms with Crippen molar-refractivity contribution in [1.29, 1.82) is 0 Å². The van der Waals surface area contributed by atoms with E-state index in [-0.39, 0.29) is 10.3 Å². The first-order valence-corrected chi connectivity index (χ1v) is 11.6. The quantitative estimate of drug-likeness (QED) is 0.716. The van der Waals surface area contributed by atoms with Crippen molar-refractivity contribution in [3.05, 3.63) is 34.4 Å². The molecule has 2 aromatic heterocycles. The molecule has 0 saturated carbocycles. The van der Waals surface area contributed by atoms with Gasteiger partial charge in [-0.05, 0) is 25.0 Å². The maximum atomic E-state index is 12.5. The zero-order valence-electron chi connectivity index (χ0n) is 14.7. The van der Waals surface area contributed by atoms with Gasteiger partial charge in [-0.3, -0.25) is 0 Å². The molecule has 1 aliphatic heterocycles. The van der Waals surface area contributed by atoms with Gasteiger partial charge in [0.2, 0.25) is 10.0 Å². The Balaban J connectivity index is 1.64.